The second-order valence-electron chi connectivity index (χ2n) is 6.81. The highest BCUT2D eigenvalue weighted by atomic mass is 32.2. The van der Waals surface area contributed by atoms with Crippen LogP contribution in [-0.2, 0) is 20.5 Å². The summed E-state index contributed by atoms with van der Waals surface area (Å²) in [6.45, 7) is 1.74. The van der Waals surface area contributed by atoms with Crippen molar-refractivity contribution in [2.75, 3.05) is 18.9 Å². The molecule has 3 aromatic carbocycles. The van der Waals surface area contributed by atoms with Gasteiger partial charge in [-0.2, -0.15) is 0 Å². The molecule has 0 unspecified atom stereocenters. The van der Waals surface area contributed by atoms with Crippen LogP contribution >= 0.6 is 0 Å². The van der Waals surface area contributed by atoms with Crippen molar-refractivity contribution in [3.05, 3.63) is 83.4 Å². The number of benzene rings is 3. The van der Waals surface area contributed by atoms with E-state index >= 15 is 0 Å². The topological polar surface area (TPSA) is 81.7 Å². The number of hydrogen-bond donors (Lipinski definition) is 1. The number of carbonyl (C=O) groups is 1. The Morgan fingerprint density at radius 2 is 1.50 bits per heavy atom. The molecule has 0 aliphatic heterocycles. The van der Waals surface area contributed by atoms with Gasteiger partial charge in [0.25, 0.3) is 0 Å². The number of esters is 1. The third-order valence-corrected chi connectivity index (χ3v) is 5.89. The van der Waals surface area contributed by atoms with Crippen LogP contribution in [0.5, 0.6) is 5.75 Å². The van der Waals surface area contributed by atoms with Gasteiger partial charge in [0.2, 0.25) is 10.0 Å². The van der Waals surface area contributed by atoms with Crippen LogP contribution < -0.4 is 9.46 Å². The summed E-state index contributed by atoms with van der Waals surface area (Å²) in [6.07, 6.45) is 0. The van der Waals surface area contributed by atoms with Crippen molar-refractivity contribution in [2.24, 2.45) is 0 Å². The predicted octanol–water partition coefficient (Wildman–Crippen LogP) is 4.40. The van der Waals surface area contributed by atoms with Crippen molar-refractivity contribution in [3.8, 4) is 16.9 Å². The van der Waals surface area contributed by atoms with Crippen LogP contribution in [0.1, 0.15) is 21.5 Å². The minimum Gasteiger partial charge on any atom is -0.497 e. The number of carbonyl (C=O) groups excluding carboxylic acids is 1. The summed E-state index contributed by atoms with van der Waals surface area (Å²) in [7, 11) is -0.687. The molecule has 0 saturated heterocycles. The summed E-state index contributed by atoms with van der Waals surface area (Å²) < 4.78 is 37.6. The maximum atomic E-state index is 12.6. The fraction of sp³-hybridized carbons (Fsp3) is 0.174. The predicted molar refractivity (Wildman–Crippen MR) is 117 cm³/mol. The van der Waals surface area contributed by atoms with E-state index in [0.717, 1.165) is 16.9 Å². The van der Waals surface area contributed by atoms with Gasteiger partial charge in [0.1, 0.15) is 5.75 Å². The van der Waals surface area contributed by atoms with Gasteiger partial charge >= 0.3 is 5.97 Å². The summed E-state index contributed by atoms with van der Waals surface area (Å²) in [4.78, 5) is 11.7. The van der Waals surface area contributed by atoms with E-state index in [1.54, 1.807) is 44.4 Å². The summed E-state index contributed by atoms with van der Waals surface area (Å²) in [5, 5.41) is 0. The molecule has 0 fully saturated rings. The molecule has 0 bridgehead atoms. The Bertz CT molecular complexity index is 1140. The van der Waals surface area contributed by atoms with E-state index < -0.39 is 16.0 Å². The second kappa shape index (κ2) is 9.00. The molecule has 0 aliphatic rings. The van der Waals surface area contributed by atoms with Crippen LogP contribution in [0.25, 0.3) is 11.1 Å². The third-order valence-electron chi connectivity index (χ3n) is 4.63. The first kappa shape index (κ1) is 21.4. The van der Waals surface area contributed by atoms with Gasteiger partial charge in [0.05, 0.1) is 25.5 Å². The van der Waals surface area contributed by atoms with Crippen LogP contribution in [0.3, 0.4) is 0 Å². The monoisotopic (exact) mass is 425 g/mol. The Morgan fingerprint density at radius 1 is 0.900 bits per heavy atom. The second-order valence-corrected chi connectivity index (χ2v) is 8.53. The number of ether oxygens (including phenoxy) is 2. The molecule has 1 N–H and O–H groups in total. The molecule has 3 aromatic rings. The first-order valence-electron chi connectivity index (χ1n) is 9.24. The quantitative estimate of drug-likeness (QED) is 0.568. The van der Waals surface area contributed by atoms with Crippen molar-refractivity contribution >= 4 is 21.7 Å². The number of rotatable bonds is 7. The minimum atomic E-state index is -3.61. The molecule has 3 rings (SSSR count). The number of hydrogen-bond acceptors (Lipinski definition) is 5. The van der Waals surface area contributed by atoms with Crippen molar-refractivity contribution < 1.29 is 22.7 Å². The zero-order valence-electron chi connectivity index (χ0n) is 17.0. The number of aryl methyl sites for hydroxylation is 1. The molecule has 0 atom stereocenters. The van der Waals surface area contributed by atoms with Crippen molar-refractivity contribution in [1.29, 1.82) is 0 Å². The van der Waals surface area contributed by atoms with Gasteiger partial charge < -0.3 is 9.47 Å². The van der Waals surface area contributed by atoms with Gasteiger partial charge in [-0.15, -0.1) is 0 Å². The Labute approximate surface area is 176 Å². The number of methoxy groups -OCH3 is 2. The molecule has 6 nitrogen and oxygen atoms in total. The summed E-state index contributed by atoms with van der Waals surface area (Å²) in [5.41, 5.74) is 4.12. The molecule has 0 radical (unpaired) electrons. The van der Waals surface area contributed by atoms with E-state index in [1.165, 1.54) is 7.11 Å². The van der Waals surface area contributed by atoms with Gasteiger partial charge in [0, 0.05) is 5.69 Å². The molecular weight excluding hydrogens is 402 g/mol. The highest BCUT2D eigenvalue weighted by molar-refractivity contribution is 7.91. The molecule has 0 aliphatic carbocycles. The third kappa shape index (κ3) is 5.18. The molecule has 156 valence electrons. The molecule has 0 saturated carbocycles. The average molecular weight is 426 g/mol. The summed E-state index contributed by atoms with van der Waals surface area (Å²) >= 11 is 0. The number of anilines is 1. The van der Waals surface area contributed by atoms with Gasteiger partial charge in [-0.3, -0.25) is 4.72 Å². The summed E-state index contributed by atoms with van der Waals surface area (Å²) in [5.74, 6) is 0.130. The first-order chi connectivity index (χ1) is 14.3. The van der Waals surface area contributed by atoms with Crippen LogP contribution in [0.4, 0.5) is 5.69 Å². The van der Waals surface area contributed by atoms with Gasteiger partial charge in [-0.25, -0.2) is 13.2 Å². The fourth-order valence-electron chi connectivity index (χ4n) is 3.10. The van der Waals surface area contributed by atoms with E-state index in [1.807, 2.05) is 36.4 Å². The molecule has 0 heterocycles. The lowest BCUT2D eigenvalue weighted by Gasteiger charge is -2.11. The van der Waals surface area contributed by atoms with E-state index in [9.17, 15) is 13.2 Å². The highest BCUT2D eigenvalue weighted by Gasteiger charge is 2.15. The van der Waals surface area contributed by atoms with Crippen molar-refractivity contribution in [3.63, 3.8) is 0 Å². The Hall–Kier alpha value is -3.32. The number of nitrogens with one attached hydrogen (secondary N) is 1. The van der Waals surface area contributed by atoms with E-state index in [2.05, 4.69) is 4.72 Å². The van der Waals surface area contributed by atoms with Gasteiger partial charge in [0.15, 0.2) is 0 Å². The van der Waals surface area contributed by atoms with E-state index in [0.29, 0.717) is 22.4 Å². The zero-order chi connectivity index (χ0) is 21.7. The lowest BCUT2D eigenvalue weighted by atomic mass is 10.1. The lowest BCUT2D eigenvalue weighted by Crippen LogP contribution is -2.15. The SMILES string of the molecule is COC(=O)c1ccc(CS(=O)(=O)Nc2ccc(-c3ccc(OC)cc3)cc2)cc1C. The molecule has 0 amide bonds. The van der Waals surface area contributed by atoms with Crippen molar-refractivity contribution in [1.82, 2.24) is 0 Å². The largest absolute Gasteiger partial charge is 0.497 e. The minimum absolute atomic E-state index is 0.199. The fourth-order valence-corrected chi connectivity index (χ4v) is 4.29. The number of sulfonamides is 1. The smallest absolute Gasteiger partial charge is 0.338 e. The van der Waals surface area contributed by atoms with E-state index in [-0.39, 0.29) is 5.75 Å². The average Bonchev–Trinajstić information content (AvgIpc) is 2.73. The van der Waals surface area contributed by atoms with Crippen LogP contribution in [0, 0.1) is 6.92 Å². The Kier molecular flexibility index (Phi) is 6.42. The lowest BCUT2D eigenvalue weighted by molar-refractivity contribution is 0.0600. The Balaban J connectivity index is 1.70. The molecular formula is C23H23NO5S. The van der Waals surface area contributed by atoms with Crippen LogP contribution in [0.2, 0.25) is 0 Å². The first-order valence-corrected chi connectivity index (χ1v) is 10.9. The van der Waals surface area contributed by atoms with Crippen LogP contribution in [-0.4, -0.2) is 28.6 Å². The standard InChI is InChI=1S/C23H23NO5S/c1-16-14-17(4-13-22(16)23(25)29-3)15-30(26,27)24-20-9-5-18(6-10-20)19-7-11-21(28-2)12-8-19/h4-14,24H,15H2,1-3H3. The molecule has 7 heteroatoms. The van der Waals surface area contributed by atoms with E-state index in [4.69, 9.17) is 9.47 Å². The van der Waals surface area contributed by atoms with Gasteiger partial charge in [-0.05, 0) is 59.5 Å². The normalized spacial score (nSPS) is 11.0. The maximum absolute atomic E-state index is 12.6. The summed E-state index contributed by atoms with van der Waals surface area (Å²) in [6, 6.07) is 19.7. The van der Waals surface area contributed by atoms with Crippen LogP contribution in [0.15, 0.2) is 66.7 Å². The highest BCUT2D eigenvalue weighted by Crippen LogP contribution is 2.24. The van der Waals surface area contributed by atoms with Crippen molar-refractivity contribution in [2.45, 2.75) is 12.7 Å². The molecule has 30 heavy (non-hydrogen) atoms. The molecule has 0 spiro atoms. The maximum Gasteiger partial charge on any atom is 0.338 e. The molecule has 0 aromatic heterocycles. The van der Waals surface area contributed by atoms with Gasteiger partial charge in [-0.1, -0.05) is 36.4 Å². The Morgan fingerprint density at radius 3 is 2.03 bits per heavy atom. The zero-order valence-corrected chi connectivity index (χ0v) is 17.8.